The summed E-state index contributed by atoms with van der Waals surface area (Å²) in [6.07, 6.45) is 7.30. The van der Waals surface area contributed by atoms with Crippen molar-refractivity contribution >= 4 is 23.3 Å². The fourth-order valence-electron chi connectivity index (χ4n) is 3.88. The Morgan fingerprint density at radius 3 is 2.56 bits per heavy atom. The molecule has 0 amide bonds. The quantitative estimate of drug-likeness (QED) is 0.292. The van der Waals surface area contributed by atoms with E-state index in [0.29, 0.717) is 0 Å². The van der Waals surface area contributed by atoms with Gasteiger partial charge in [0.25, 0.3) is 0 Å². The summed E-state index contributed by atoms with van der Waals surface area (Å²) in [5.74, 6) is -0.355. The van der Waals surface area contributed by atoms with Gasteiger partial charge < -0.3 is 13.6 Å². The van der Waals surface area contributed by atoms with E-state index in [9.17, 15) is 4.79 Å². The van der Waals surface area contributed by atoms with E-state index in [1.54, 1.807) is 0 Å². The van der Waals surface area contributed by atoms with Crippen molar-refractivity contribution < 1.29 is 18.4 Å². The smallest absolute Gasteiger partial charge is 0.330 e. The van der Waals surface area contributed by atoms with Crippen molar-refractivity contribution in [1.29, 1.82) is 0 Å². The van der Waals surface area contributed by atoms with E-state index in [2.05, 4.69) is 40.4 Å². The van der Waals surface area contributed by atoms with Gasteiger partial charge in [-0.15, -0.1) is 0 Å². The molecule has 0 aromatic rings. The molecule has 3 atom stereocenters. The number of esters is 1. The van der Waals surface area contributed by atoms with Gasteiger partial charge in [-0.05, 0) is 44.4 Å². The summed E-state index contributed by atoms with van der Waals surface area (Å²) in [6, 6.07) is 2.24. The molecule has 1 saturated heterocycles. The Kier molecular flexibility index (Phi) is 9.63. The largest absolute Gasteiger partial charge is 0.456 e. The minimum Gasteiger partial charge on any atom is -0.456 e. The molecule has 0 aromatic heterocycles. The van der Waals surface area contributed by atoms with Crippen LogP contribution in [0.25, 0.3) is 0 Å². The SMILES string of the molecule is C=CC(=O)OC(CC)C(CC)(O[Si](C)(C)CCCC)[SiH]1CCCCO1. The Morgan fingerprint density at radius 2 is 2.08 bits per heavy atom. The summed E-state index contributed by atoms with van der Waals surface area (Å²) in [4.78, 5) is 12.0. The van der Waals surface area contributed by atoms with E-state index in [4.69, 9.17) is 13.6 Å². The fourth-order valence-corrected chi connectivity index (χ4v) is 11.2. The Balaban J connectivity index is 3.16. The molecule has 6 heteroatoms. The van der Waals surface area contributed by atoms with Crippen LogP contribution in [0, 0.1) is 0 Å². The first kappa shape index (κ1) is 22.6. The van der Waals surface area contributed by atoms with Crippen LogP contribution in [0.15, 0.2) is 12.7 Å². The minimum atomic E-state index is -1.87. The summed E-state index contributed by atoms with van der Waals surface area (Å²) in [6.45, 7) is 15.4. The van der Waals surface area contributed by atoms with Crippen LogP contribution in [0.3, 0.4) is 0 Å². The topological polar surface area (TPSA) is 44.8 Å². The van der Waals surface area contributed by atoms with Crippen molar-refractivity contribution in [3.63, 3.8) is 0 Å². The van der Waals surface area contributed by atoms with Crippen LogP contribution in [0.4, 0.5) is 0 Å². The first-order chi connectivity index (χ1) is 11.8. The van der Waals surface area contributed by atoms with Crippen LogP contribution in [0.2, 0.25) is 25.2 Å². The van der Waals surface area contributed by atoms with Gasteiger partial charge in [0.15, 0.2) is 8.32 Å². The van der Waals surface area contributed by atoms with Crippen molar-refractivity contribution in [2.45, 2.75) is 95.8 Å². The van der Waals surface area contributed by atoms with Crippen molar-refractivity contribution in [1.82, 2.24) is 0 Å². The normalized spacial score (nSPS) is 22.0. The van der Waals surface area contributed by atoms with Crippen LogP contribution in [-0.2, 0) is 18.4 Å². The molecule has 1 rings (SSSR count). The maximum Gasteiger partial charge on any atom is 0.330 e. The van der Waals surface area contributed by atoms with Gasteiger partial charge in [-0.25, -0.2) is 4.79 Å². The molecule has 1 fully saturated rings. The summed E-state index contributed by atoms with van der Waals surface area (Å²) in [7, 11) is -3.52. The lowest BCUT2D eigenvalue weighted by Gasteiger charge is -2.48. The molecule has 1 heterocycles. The monoisotopic (exact) mass is 386 g/mol. The summed E-state index contributed by atoms with van der Waals surface area (Å²) >= 11 is 0. The lowest BCUT2D eigenvalue weighted by atomic mass is 10.1. The van der Waals surface area contributed by atoms with E-state index in [1.807, 2.05) is 0 Å². The highest BCUT2D eigenvalue weighted by Gasteiger charge is 2.51. The van der Waals surface area contributed by atoms with Crippen LogP contribution in [0.1, 0.15) is 59.3 Å². The third-order valence-electron chi connectivity index (χ3n) is 5.22. The van der Waals surface area contributed by atoms with Crippen LogP contribution < -0.4 is 0 Å². The van der Waals surface area contributed by atoms with Gasteiger partial charge in [0.1, 0.15) is 11.3 Å². The lowest BCUT2D eigenvalue weighted by Crippen LogP contribution is -2.63. The van der Waals surface area contributed by atoms with Crippen molar-refractivity contribution in [2.24, 2.45) is 0 Å². The second kappa shape index (κ2) is 10.6. The van der Waals surface area contributed by atoms with Gasteiger partial charge in [0.2, 0.25) is 9.04 Å². The highest BCUT2D eigenvalue weighted by atomic mass is 28.4. The Labute approximate surface area is 157 Å². The number of carbonyl (C=O) groups excluding carboxylic acids is 1. The van der Waals surface area contributed by atoms with Crippen LogP contribution in [0.5, 0.6) is 0 Å². The Morgan fingerprint density at radius 1 is 1.36 bits per heavy atom. The molecule has 0 aliphatic carbocycles. The molecule has 1 aliphatic rings. The number of unbranched alkanes of at least 4 members (excludes halogenated alkanes) is 1. The second-order valence-electron chi connectivity index (χ2n) is 7.67. The summed E-state index contributed by atoms with van der Waals surface area (Å²) in [5.41, 5.74) is 0. The zero-order chi connectivity index (χ0) is 18.9. The maximum atomic E-state index is 12.0. The standard InChI is InChI=1S/C19H38O4Si2/c1-7-11-16-25(5,6)23-19(10-4,24-15-13-12-14-21-24)17(8-2)22-18(20)9-3/h9,17,24H,3,7-8,10-16H2,1-2,4-6H3. The predicted molar refractivity (Wildman–Crippen MR) is 109 cm³/mol. The summed E-state index contributed by atoms with van der Waals surface area (Å²) < 4.78 is 19.1. The average molecular weight is 387 g/mol. The first-order valence-electron chi connectivity index (χ1n) is 10.00. The third-order valence-corrected chi connectivity index (χ3v) is 11.5. The van der Waals surface area contributed by atoms with Crippen molar-refractivity contribution in [3.05, 3.63) is 12.7 Å². The molecule has 0 saturated carbocycles. The third kappa shape index (κ3) is 6.34. The fraction of sp³-hybridized carbons (Fsp3) is 0.842. The first-order valence-corrected chi connectivity index (χ1v) is 15.0. The molecular formula is C19H38O4Si2. The second-order valence-corrected chi connectivity index (χ2v) is 14.8. The van der Waals surface area contributed by atoms with Crippen molar-refractivity contribution in [3.8, 4) is 0 Å². The molecule has 25 heavy (non-hydrogen) atoms. The molecule has 3 unspecified atom stereocenters. The maximum absolute atomic E-state index is 12.0. The molecular weight excluding hydrogens is 348 g/mol. The van der Waals surface area contributed by atoms with Gasteiger partial charge in [-0.1, -0.05) is 46.6 Å². The number of rotatable bonds is 11. The number of ether oxygens (including phenoxy) is 1. The molecule has 0 spiro atoms. The average Bonchev–Trinajstić information content (AvgIpc) is 2.63. The Hall–Kier alpha value is -0.436. The van der Waals surface area contributed by atoms with E-state index >= 15 is 0 Å². The molecule has 0 N–H and O–H groups in total. The van der Waals surface area contributed by atoms with Gasteiger partial charge in [0.05, 0.1) is 0 Å². The highest BCUT2D eigenvalue weighted by Crippen LogP contribution is 2.37. The molecule has 0 bridgehead atoms. The predicted octanol–water partition coefficient (Wildman–Crippen LogP) is 4.74. The lowest BCUT2D eigenvalue weighted by molar-refractivity contribution is -0.152. The van der Waals surface area contributed by atoms with Gasteiger partial charge in [-0.3, -0.25) is 0 Å². The minimum absolute atomic E-state index is 0.244. The number of hydrogen-bond donors (Lipinski definition) is 0. The molecule has 0 aromatic carbocycles. The number of hydrogen-bond acceptors (Lipinski definition) is 4. The summed E-state index contributed by atoms with van der Waals surface area (Å²) in [5, 5.41) is -0.419. The van der Waals surface area contributed by atoms with Crippen LogP contribution >= 0.6 is 0 Å². The number of carbonyl (C=O) groups is 1. The van der Waals surface area contributed by atoms with Gasteiger partial charge in [-0.2, -0.15) is 0 Å². The Bertz CT molecular complexity index is 422. The van der Waals surface area contributed by atoms with Crippen LogP contribution in [-0.4, -0.2) is 41.3 Å². The van der Waals surface area contributed by atoms with E-state index < -0.39 is 22.6 Å². The molecule has 146 valence electrons. The molecule has 0 radical (unpaired) electrons. The van der Waals surface area contributed by atoms with Gasteiger partial charge in [0, 0.05) is 12.7 Å². The zero-order valence-electron chi connectivity index (χ0n) is 16.9. The van der Waals surface area contributed by atoms with E-state index in [1.165, 1.54) is 25.3 Å². The zero-order valence-corrected chi connectivity index (χ0v) is 19.1. The van der Waals surface area contributed by atoms with Gasteiger partial charge >= 0.3 is 5.97 Å². The van der Waals surface area contributed by atoms with E-state index in [-0.39, 0.29) is 12.1 Å². The van der Waals surface area contributed by atoms with E-state index in [0.717, 1.165) is 38.0 Å². The van der Waals surface area contributed by atoms with Crippen molar-refractivity contribution in [2.75, 3.05) is 6.61 Å². The molecule has 1 aliphatic heterocycles. The molecule has 4 nitrogen and oxygen atoms in total. The highest BCUT2D eigenvalue weighted by molar-refractivity contribution is 6.72.